The van der Waals surface area contributed by atoms with Crippen molar-refractivity contribution in [3.63, 3.8) is 0 Å². The Balaban J connectivity index is 1.80. The van der Waals surface area contributed by atoms with E-state index in [2.05, 4.69) is 15.5 Å². The van der Waals surface area contributed by atoms with E-state index in [9.17, 15) is 13.2 Å². The Bertz CT molecular complexity index is 1150. The smallest absolute Gasteiger partial charge is 0.264 e. The lowest BCUT2D eigenvalue weighted by Gasteiger charge is -2.23. The van der Waals surface area contributed by atoms with Crippen molar-refractivity contribution in [1.82, 2.24) is 10.4 Å². The van der Waals surface area contributed by atoms with Gasteiger partial charge >= 0.3 is 0 Å². The molecule has 0 bridgehead atoms. The molecule has 0 spiro atoms. The molecule has 0 fully saturated rings. The maximum absolute atomic E-state index is 13.2. The van der Waals surface area contributed by atoms with Gasteiger partial charge in [0.05, 0.1) is 29.6 Å². The van der Waals surface area contributed by atoms with Gasteiger partial charge in [0.1, 0.15) is 12.3 Å². The predicted molar refractivity (Wildman–Crippen MR) is 119 cm³/mol. The van der Waals surface area contributed by atoms with Crippen molar-refractivity contribution < 1.29 is 17.9 Å². The van der Waals surface area contributed by atoms with Gasteiger partial charge in [-0.3, -0.25) is 14.1 Å². The summed E-state index contributed by atoms with van der Waals surface area (Å²) in [7, 11) is -2.40. The quantitative estimate of drug-likeness (QED) is 0.431. The molecular formula is C22H22N4O4S. The van der Waals surface area contributed by atoms with Gasteiger partial charge in [0, 0.05) is 6.20 Å². The van der Waals surface area contributed by atoms with E-state index in [0.29, 0.717) is 11.5 Å². The first-order valence-electron chi connectivity index (χ1n) is 9.37. The number of amides is 1. The Labute approximate surface area is 181 Å². The van der Waals surface area contributed by atoms with Crippen LogP contribution in [0.25, 0.3) is 0 Å². The van der Waals surface area contributed by atoms with Gasteiger partial charge in [0.15, 0.2) is 0 Å². The summed E-state index contributed by atoms with van der Waals surface area (Å²) in [6, 6.07) is 18.3. The maximum atomic E-state index is 13.2. The van der Waals surface area contributed by atoms with Crippen molar-refractivity contribution in [3.05, 3.63) is 84.7 Å². The minimum atomic E-state index is -3.98. The first-order valence-corrected chi connectivity index (χ1v) is 10.8. The fourth-order valence-corrected chi connectivity index (χ4v) is 4.17. The molecule has 31 heavy (non-hydrogen) atoms. The van der Waals surface area contributed by atoms with Crippen LogP contribution in [0.4, 0.5) is 5.69 Å². The zero-order valence-electron chi connectivity index (χ0n) is 17.1. The number of benzene rings is 2. The van der Waals surface area contributed by atoms with Crippen molar-refractivity contribution >= 4 is 27.3 Å². The van der Waals surface area contributed by atoms with Crippen LogP contribution in [0.3, 0.4) is 0 Å². The van der Waals surface area contributed by atoms with E-state index in [0.717, 1.165) is 9.87 Å². The van der Waals surface area contributed by atoms with Crippen LogP contribution in [-0.2, 0) is 14.8 Å². The summed E-state index contributed by atoms with van der Waals surface area (Å²) in [6.45, 7) is 1.28. The summed E-state index contributed by atoms with van der Waals surface area (Å²) in [5.74, 6) is 0.120. The fraction of sp³-hybridized carbons (Fsp3) is 0.136. The second-order valence-electron chi connectivity index (χ2n) is 6.50. The summed E-state index contributed by atoms with van der Waals surface area (Å²) in [5, 5.41) is 4.09. The number of nitrogens with zero attached hydrogens (tertiary/aromatic N) is 3. The molecule has 2 aromatic carbocycles. The van der Waals surface area contributed by atoms with Gasteiger partial charge in [-0.15, -0.1) is 0 Å². The summed E-state index contributed by atoms with van der Waals surface area (Å²) < 4.78 is 32.4. The number of ether oxygens (including phenoxy) is 1. The molecule has 0 unspecified atom stereocenters. The van der Waals surface area contributed by atoms with Crippen molar-refractivity contribution in [3.8, 4) is 5.75 Å². The lowest BCUT2D eigenvalue weighted by atomic mass is 10.1. The Morgan fingerprint density at radius 3 is 2.39 bits per heavy atom. The molecule has 0 radical (unpaired) electrons. The van der Waals surface area contributed by atoms with Gasteiger partial charge in [-0.2, -0.15) is 5.10 Å². The van der Waals surface area contributed by atoms with Gasteiger partial charge in [-0.1, -0.05) is 18.2 Å². The number of hydrogen-bond donors (Lipinski definition) is 1. The molecule has 0 atom stereocenters. The number of hydrogen-bond acceptors (Lipinski definition) is 6. The van der Waals surface area contributed by atoms with Gasteiger partial charge in [0.25, 0.3) is 15.9 Å². The van der Waals surface area contributed by atoms with Crippen LogP contribution in [0.2, 0.25) is 0 Å². The third-order valence-electron chi connectivity index (χ3n) is 4.41. The molecule has 160 valence electrons. The minimum Gasteiger partial charge on any atom is -0.497 e. The number of hydrazone groups is 1. The van der Waals surface area contributed by atoms with Gasteiger partial charge in [-0.25, -0.2) is 13.8 Å². The van der Waals surface area contributed by atoms with Gasteiger partial charge < -0.3 is 4.74 Å². The predicted octanol–water partition coefficient (Wildman–Crippen LogP) is 2.83. The number of pyridine rings is 1. The standard InChI is InChI=1S/C22H22N4O4S/c1-17(18-10-12-20(30-2)13-11-18)24-25-22(27)16-26(19-7-6-14-23-15-19)31(28,29)21-8-4-3-5-9-21/h3-15H,16H2,1-2H3,(H,25,27)/b24-17-. The molecule has 1 heterocycles. The number of sulfonamides is 1. The van der Waals surface area contributed by atoms with Gasteiger partial charge in [-0.05, 0) is 61.0 Å². The second kappa shape index (κ2) is 9.86. The highest BCUT2D eigenvalue weighted by Gasteiger charge is 2.27. The van der Waals surface area contributed by atoms with E-state index in [-0.39, 0.29) is 10.6 Å². The lowest BCUT2D eigenvalue weighted by Crippen LogP contribution is -2.39. The van der Waals surface area contributed by atoms with Crippen molar-refractivity contribution in [2.24, 2.45) is 5.10 Å². The Morgan fingerprint density at radius 1 is 1.06 bits per heavy atom. The maximum Gasteiger partial charge on any atom is 0.264 e. The molecule has 0 saturated carbocycles. The van der Waals surface area contributed by atoms with Crippen LogP contribution < -0.4 is 14.5 Å². The summed E-state index contributed by atoms with van der Waals surface area (Å²) >= 11 is 0. The van der Waals surface area contributed by atoms with Crippen molar-refractivity contribution in [2.75, 3.05) is 18.0 Å². The summed E-state index contributed by atoms with van der Waals surface area (Å²) in [6.07, 6.45) is 2.92. The van der Waals surface area contributed by atoms with Crippen molar-refractivity contribution in [2.45, 2.75) is 11.8 Å². The van der Waals surface area contributed by atoms with Crippen molar-refractivity contribution in [1.29, 1.82) is 0 Å². The Kier molecular flexibility index (Phi) is 6.99. The zero-order valence-corrected chi connectivity index (χ0v) is 17.9. The van der Waals surface area contributed by atoms with E-state index in [1.807, 2.05) is 12.1 Å². The summed E-state index contributed by atoms with van der Waals surface area (Å²) in [5.41, 5.74) is 4.06. The van der Waals surface area contributed by atoms with Crippen LogP contribution >= 0.6 is 0 Å². The van der Waals surface area contributed by atoms with E-state index in [1.165, 1.54) is 24.5 Å². The molecule has 9 heteroatoms. The molecule has 8 nitrogen and oxygen atoms in total. The van der Waals surface area contributed by atoms with E-state index in [1.54, 1.807) is 56.5 Å². The number of aromatic nitrogens is 1. The average Bonchev–Trinajstić information content (AvgIpc) is 2.82. The first-order chi connectivity index (χ1) is 14.9. The molecule has 0 aliphatic carbocycles. The fourth-order valence-electron chi connectivity index (χ4n) is 2.74. The van der Waals surface area contributed by atoms with Crippen LogP contribution in [0.1, 0.15) is 12.5 Å². The Hall–Kier alpha value is -3.72. The normalized spacial score (nSPS) is 11.6. The largest absolute Gasteiger partial charge is 0.497 e. The van der Waals surface area contributed by atoms with E-state index >= 15 is 0 Å². The first kappa shape index (κ1) is 22.0. The number of carbonyl (C=O) groups is 1. The molecule has 3 aromatic rings. The molecule has 1 aromatic heterocycles. The highest BCUT2D eigenvalue weighted by atomic mass is 32.2. The van der Waals surface area contributed by atoms with Gasteiger partial charge in [0.2, 0.25) is 0 Å². The molecule has 0 saturated heterocycles. The lowest BCUT2D eigenvalue weighted by molar-refractivity contribution is -0.119. The average molecular weight is 439 g/mol. The number of nitrogens with one attached hydrogen (secondary N) is 1. The summed E-state index contributed by atoms with van der Waals surface area (Å²) in [4.78, 5) is 16.6. The Morgan fingerprint density at radius 2 is 1.77 bits per heavy atom. The highest BCUT2D eigenvalue weighted by Crippen LogP contribution is 2.22. The third-order valence-corrected chi connectivity index (χ3v) is 6.20. The van der Waals surface area contributed by atoms with Crippen LogP contribution in [0.15, 0.2) is 89.1 Å². The number of anilines is 1. The van der Waals surface area contributed by atoms with E-state index in [4.69, 9.17) is 4.74 Å². The highest BCUT2D eigenvalue weighted by molar-refractivity contribution is 7.92. The minimum absolute atomic E-state index is 0.0737. The van der Waals surface area contributed by atoms with E-state index < -0.39 is 22.5 Å². The topological polar surface area (TPSA) is 101 Å². The molecule has 3 rings (SSSR count). The monoisotopic (exact) mass is 438 g/mol. The second-order valence-corrected chi connectivity index (χ2v) is 8.36. The number of methoxy groups -OCH3 is 1. The van der Waals surface area contributed by atoms with Crippen LogP contribution in [-0.4, -0.2) is 38.7 Å². The number of rotatable bonds is 8. The molecule has 0 aliphatic rings. The zero-order chi connectivity index (χ0) is 22.3. The van der Waals surface area contributed by atoms with Crippen LogP contribution in [0.5, 0.6) is 5.75 Å². The third kappa shape index (κ3) is 5.46. The molecule has 1 N–H and O–H groups in total. The SMILES string of the molecule is COc1ccc(/C(C)=N\NC(=O)CN(c2cccnc2)S(=O)(=O)c2ccccc2)cc1. The molecular weight excluding hydrogens is 416 g/mol. The molecule has 0 aliphatic heterocycles. The molecule has 1 amide bonds. The van der Waals surface area contributed by atoms with Crippen LogP contribution in [0, 0.1) is 0 Å². The number of carbonyl (C=O) groups excluding carboxylic acids is 1.